The normalized spacial score (nSPS) is 10.5. The number of anilines is 1. The second kappa shape index (κ2) is 5.64. The van der Waals surface area contributed by atoms with Gasteiger partial charge in [0.15, 0.2) is 0 Å². The van der Waals surface area contributed by atoms with E-state index in [2.05, 4.69) is 38.2 Å². The van der Waals surface area contributed by atoms with Crippen LogP contribution in [0, 0.1) is 12.8 Å². The van der Waals surface area contributed by atoms with Gasteiger partial charge in [-0.1, -0.05) is 13.8 Å². The highest BCUT2D eigenvalue weighted by molar-refractivity contribution is 5.50. The Balaban J connectivity index is 2.52. The van der Waals surface area contributed by atoms with Gasteiger partial charge < -0.3 is 10.1 Å². The van der Waals surface area contributed by atoms with Gasteiger partial charge in [0.05, 0.1) is 7.11 Å². The van der Waals surface area contributed by atoms with Crippen LogP contribution in [0.5, 0.6) is 5.75 Å². The summed E-state index contributed by atoms with van der Waals surface area (Å²) in [6.07, 6.45) is 1.20. The molecule has 0 aliphatic rings. The van der Waals surface area contributed by atoms with Crippen LogP contribution in [0.3, 0.4) is 0 Å². The van der Waals surface area contributed by atoms with Gasteiger partial charge in [-0.2, -0.15) is 0 Å². The van der Waals surface area contributed by atoms with Crippen LogP contribution < -0.4 is 10.1 Å². The van der Waals surface area contributed by atoms with Crippen molar-refractivity contribution in [2.24, 2.45) is 5.92 Å². The van der Waals surface area contributed by atoms with Crippen LogP contribution in [-0.2, 0) is 0 Å². The van der Waals surface area contributed by atoms with Crippen LogP contribution in [0.2, 0.25) is 0 Å². The maximum atomic E-state index is 5.21. The van der Waals surface area contributed by atoms with Gasteiger partial charge in [0.1, 0.15) is 5.75 Å². The third-order valence-corrected chi connectivity index (χ3v) is 2.45. The molecule has 84 valence electrons. The van der Waals surface area contributed by atoms with E-state index in [1.807, 2.05) is 6.07 Å². The van der Waals surface area contributed by atoms with Crippen LogP contribution in [0.4, 0.5) is 5.69 Å². The molecule has 1 N–H and O–H groups in total. The standard InChI is InChI=1S/C13H21NO/c1-10(2)7-8-14-12-5-6-13(15-4)11(3)9-12/h5-6,9-10,14H,7-8H2,1-4H3. The van der Waals surface area contributed by atoms with Crippen LogP contribution in [0.15, 0.2) is 18.2 Å². The highest BCUT2D eigenvalue weighted by Crippen LogP contribution is 2.21. The average Bonchev–Trinajstić information content (AvgIpc) is 2.17. The Bertz CT molecular complexity index is 307. The minimum absolute atomic E-state index is 0.747. The molecule has 0 unspecified atom stereocenters. The van der Waals surface area contributed by atoms with Gasteiger partial charge in [-0.25, -0.2) is 0 Å². The number of nitrogens with one attached hydrogen (secondary N) is 1. The van der Waals surface area contributed by atoms with E-state index in [9.17, 15) is 0 Å². The fourth-order valence-electron chi connectivity index (χ4n) is 1.49. The molecular weight excluding hydrogens is 186 g/mol. The van der Waals surface area contributed by atoms with E-state index in [0.29, 0.717) is 0 Å². The Kier molecular flexibility index (Phi) is 4.47. The summed E-state index contributed by atoms with van der Waals surface area (Å²) in [4.78, 5) is 0. The maximum absolute atomic E-state index is 5.21. The van der Waals surface area contributed by atoms with Gasteiger partial charge in [0, 0.05) is 12.2 Å². The lowest BCUT2D eigenvalue weighted by Gasteiger charge is -2.10. The van der Waals surface area contributed by atoms with Crippen molar-refractivity contribution in [3.63, 3.8) is 0 Å². The third-order valence-electron chi connectivity index (χ3n) is 2.45. The van der Waals surface area contributed by atoms with Crippen molar-refractivity contribution in [3.8, 4) is 5.75 Å². The number of rotatable bonds is 5. The second-order valence-electron chi connectivity index (χ2n) is 4.29. The van der Waals surface area contributed by atoms with E-state index in [0.717, 1.165) is 18.2 Å². The molecular formula is C13H21NO. The van der Waals surface area contributed by atoms with Crippen LogP contribution in [0.1, 0.15) is 25.8 Å². The highest BCUT2D eigenvalue weighted by atomic mass is 16.5. The van der Waals surface area contributed by atoms with Gasteiger partial charge >= 0.3 is 0 Å². The Hall–Kier alpha value is -1.18. The number of hydrogen-bond acceptors (Lipinski definition) is 2. The molecule has 1 aromatic rings. The molecule has 1 rings (SSSR count). The van der Waals surface area contributed by atoms with Gasteiger partial charge in [-0.3, -0.25) is 0 Å². The Morgan fingerprint density at radius 3 is 2.60 bits per heavy atom. The molecule has 2 heteroatoms. The zero-order chi connectivity index (χ0) is 11.3. The van der Waals surface area contributed by atoms with E-state index >= 15 is 0 Å². The lowest BCUT2D eigenvalue weighted by atomic mass is 10.1. The van der Waals surface area contributed by atoms with Crippen molar-refractivity contribution in [1.82, 2.24) is 0 Å². The first kappa shape index (κ1) is 11.9. The lowest BCUT2D eigenvalue weighted by molar-refractivity contribution is 0.412. The number of hydrogen-bond donors (Lipinski definition) is 1. The molecule has 0 saturated carbocycles. The number of ether oxygens (including phenoxy) is 1. The first-order valence-corrected chi connectivity index (χ1v) is 5.52. The maximum Gasteiger partial charge on any atom is 0.121 e. The topological polar surface area (TPSA) is 21.3 Å². The Morgan fingerprint density at radius 2 is 2.07 bits per heavy atom. The third kappa shape index (κ3) is 3.82. The quantitative estimate of drug-likeness (QED) is 0.798. The SMILES string of the molecule is COc1ccc(NCCC(C)C)cc1C. The van der Waals surface area contributed by atoms with E-state index in [1.54, 1.807) is 7.11 Å². The molecule has 0 atom stereocenters. The van der Waals surface area contributed by atoms with E-state index < -0.39 is 0 Å². The summed E-state index contributed by atoms with van der Waals surface area (Å²) < 4.78 is 5.21. The van der Waals surface area contributed by atoms with Gasteiger partial charge in [0.25, 0.3) is 0 Å². The molecule has 1 aromatic carbocycles. The zero-order valence-electron chi connectivity index (χ0n) is 10.1. The van der Waals surface area contributed by atoms with Crippen molar-refractivity contribution < 1.29 is 4.74 Å². The van der Waals surface area contributed by atoms with Crippen LogP contribution in [-0.4, -0.2) is 13.7 Å². The van der Waals surface area contributed by atoms with Crippen molar-refractivity contribution in [3.05, 3.63) is 23.8 Å². The fraction of sp³-hybridized carbons (Fsp3) is 0.538. The molecule has 0 saturated heterocycles. The van der Waals surface area contributed by atoms with E-state index in [-0.39, 0.29) is 0 Å². The summed E-state index contributed by atoms with van der Waals surface area (Å²) in [6.45, 7) is 7.57. The minimum Gasteiger partial charge on any atom is -0.496 e. The fourth-order valence-corrected chi connectivity index (χ4v) is 1.49. The summed E-state index contributed by atoms with van der Waals surface area (Å²) >= 11 is 0. The molecule has 0 spiro atoms. The van der Waals surface area contributed by atoms with E-state index in [1.165, 1.54) is 17.7 Å². The summed E-state index contributed by atoms with van der Waals surface area (Å²) in [7, 11) is 1.70. The highest BCUT2D eigenvalue weighted by Gasteiger charge is 1.99. The van der Waals surface area contributed by atoms with E-state index in [4.69, 9.17) is 4.74 Å². The zero-order valence-corrected chi connectivity index (χ0v) is 10.1. The monoisotopic (exact) mass is 207 g/mol. The predicted molar refractivity (Wildman–Crippen MR) is 65.7 cm³/mol. The smallest absolute Gasteiger partial charge is 0.121 e. The largest absolute Gasteiger partial charge is 0.496 e. The molecule has 0 radical (unpaired) electrons. The minimum atomic E-state index is 0.747. The van der Waals surface area contributed by atoms with Crippen LogP contribution >= 0.6 is 0 Å². The predicted octanol–water partition coefficient (Wildman–Crippen LogP) is 3.46. The molecule has 0 heterocycles. The molecule has 0 amide bonds. The molecule has 15 heavy (non-hydrogen) atoms. The molecule has 2 nitrogen and oxygen atoms in total. The summed E-state index contributed by atoms with van der Waals surface area (Å²) in [5.74, 6) is 1.70. The van der Waals surface area contributed by atoms with Crippen LogP contribution in [0.25, 0.3) is 0 Å². The number of benzene rings is 1. The number of aryl methyl sites for hydroxylation is 1. The van der Waals surface area contributed by atoms with Crippen molar-refractivity contribution >= 4 is 5.69 Å². The number of methoxy groups -OCH3 is 1. The van der Waals surface area contributed by atoms with Gasteiger partial charge in [-0.15, -0.1) is 0 Å². The second-order valence-corrected chi connectivity index (χ2v) is 4.29. The average molecular weight is 207 g/mol. The molecule has 0 aromatic heterocycles. The van der Waals surface area contributed by atoms with Gasteiger partial charge in [-0.05, 0) is 43.0 Å². The Morgan fingerprint density at radius 1 is 1.33 bits per heavy atom. The summed E-state index contributed by atoms with van der Waals surface area (Å²) in [5.41, 5.74) is 2.35. The summed E-state index contributed by atoms with van der Waals surface area (Å²) in [5, 5.41) is 3.41. The first-order valence-electron chi connectivity index (χ1n) is 5.52. The van der Waals surface area contributed by atoms with Crippen molar-refractivity contribution in [2.75, 3.05) is 19.0 Å². The van der Waals surface area contributed by atoms with Crippen molar-refractivity contribution in [2.45, 2.75) is 27.2 Å². The molecule has 0 aliphatic carbocycles. The lowest BCUT2D eigenvalue weighted by Crippen LogP contribution is -2.04. The van der Waals surface area contributed by atoms with Crippen molar-refractivity contribution in [1.29, 1.82) is 0 Å². The summed E-state index contributed by atoms with van der Waals surface area (Å²) in [6, 6.07) is 6.19. The Labute approximate surface area is 92.6 Å². The first-order chi connectivity index (χ1) is 7.13. The molecule has 0 fully saturated rings. The molecule has 0 aliphatic heterocycles. The van der Waals surface area contributed by atoms with Gasteiger partial charge in [0.2, 0.25) is 0 Å². The molecule has 0 bridgehead atoms.